The molecule has 0 spiro atoms. The van der Waals surface area contributed by atoms with Gasteiger partial charge in [-0.2, -0.15) is 0 Å². The van der Waals surface area contributed by atoms with Crippen LogP contribution in [0, 0.1) is 11.8 Å². The molecule has 20 nitrogen and oxygen atoms in total. The zero-order chi connectivity index (χ0) is 51.1. The first-order valence-electron chi connectivity index (χ1n) is 23.6. The monoisotopic (exact) mass is 963 g/mol. The molecule has 0 aliphatic carbocycles. The van der Waals surface area contributed by atoms with Crippen molar-refractivity contribution < 1.29 is 58.5 Å². The maximum atomic E-state index is 15.2. The molecule has 0 aromatic heterocycles. The van der Waals surface area contributed by atoms with Gasteiger partial charge in [-0.3, -0.25) is 54.0 Å². The van der Waals surface area contributed by atoms with Crippen LogP contribution in [0.25, 0.3) is 0 Å². The van der Waals surface area contributed by atoms with Gasteiger partial charge >= 0.3 is 5.97 Å². The lowest BCUT2D eigenvalue weighted by Gasteiger charge is -2.36. The Bertz CT molecular complexity index is 2130. The molecule has 2 unspecified atom stereocenters. The van der Waals surface area contributed by atoms with E-state index in [1.165, 1.54) is 67.3 Å². The third kappa shape index (κ3) is 16.5. The second-order valence-electron chi connectivity index (χ2n) is 19.0. The minimum Gasteiger partial charge on any atom is -0.508 e. The lowest BCUT2D eigenvalue weighted by molar-refractivity contribution is -0.149. The number of Topliss-reactive ketones (excluding diaryl/α,β-unsaturated/α-hetero) is 3. The Kier molecular flexibility index (Phi) is 21.0. The molecule has 2 aliphatic rings. The van der Waals surface area contributed by atoms with Gasteiger partial charge in [-0.05, 0) is 106 Å². The molecule has 9 atom stereocenters. The number of phenols is 2. The van der Waals surface area contributed by atoms with Crippen LogP contribution in [-0.2, 0) is 56.0 Å². The quantitative estimate of drug-likeness (QED) is 0.0935. The molecule has 0 radical (unpaired) electrons. The van der Waals surface area contributed by atoms with Crippen LogP contribution >= 0.6 is 0 Å². The number of rotatable bonds is 18. The Balaban J connectivity index is 1.92. The minimum absolute atomic E-state index is 0.00255. The minimum atomic E-state index is -1.80. The zero-order valence-corrected chi connectivity index (χ0v) is 40.3. The van der Waals surface area contributed by atoms with Crippen LogP contribution in [0.3, 0.4) is 0 Å². The van der Waals surface area contributed by atoms with Crippen molar-refractivity contribution in [3.63, 3.8) is 0 Å². The number of aldehydes is 1. The second-order valence-corrected chi connectivity index (χ2v) is 19.0. The van der Waals surface area contributed by atoms with E-state index in [4.69, 9.17) is 5.73 Å². The van der Waals surface area contributed by atoms with E-state index >= 15 is 9.59 Å². The van der Waals surface area contributed by atoms with Gasteiger partial charge in [-0.25, -0.2) is 5.43 Å². The molecule has 4 amide bonds. The maximum absolute atomic E-state index is 15.2. The SMILES string of the molecule is CC(=O)[C@H](CC(C)C)NC1CCC(C(=O)[C@@H]2CCCN2C(=O)[C@@H](N)CC(C)C)N[C@@H](CC(=O)O)C(=O)N([C@H](C=O)Cc2ccc(O)cc2)N[C@@H](Cc2ccc(O)cc2)C(=O)NCC(=O)N[C@H](C)C1=O. The van der Waals surface area contributed by atoms with E-state index in [0.29, 0.717) is 36.7 Å². The predicted octanol–water partition coefficient (Wildman–Crippen LogP) is 0.833. The van der Waals surface area contributed by atoms with Crippen LogP contribution in [0.1, 0.15) is 97.6 Å². The average Bonchev–Trinajstić information content (AvgIpc) is 3.78. The van der Waals surface area contributed by atoms with E-state index in [2.05, 4.69) is 26.7 Å². The van der Waals surface area contributed by atoms with E-state index in [1.807, 2.05) is 27.7 Å². The number of nitrogens with one attached hydrogen (secondary N) is 5. The van der Waals surface area contributed by atoms with Gasteiger partial charge in [-0.1, -0.05) is 52.0 Å². The fourth-order valence-electron chi connectivity index (χ4n) is 8.78. The highest BCUT2D eigenvalue weighted by atomic mass is 16.4. The number of nitrogens with two attached hydrogens (primary N) is 1. The summed E-state index contributed by atoms with van der Waals surface area (Å²) in [5.41, 5.74) is 10.1. The molecule has 2 heterocycles. The Hall–Kier alpha value is -6.09. The highest BCUT2D eigenvalue weighted by Crippen LogP contribution is 2.25. The first-order valence-corrected chi connectivity index (χ1v) is 23.6. The Morgan fingerprint density at radius 1 is 0.870 bits per heavy atom. The molecule has 378 valence electrons. The molecule has 2 fully saturated rings. The number of hydrogen-bond acceptors (Lipinski definition) is 15. The number of carbonyl (C=O) groups is 9. The van der Waals surface area contributed by atoms with Crippen molar-refractivity contribution in [1.29, 1.82) is 0 Å². The van der Waals surface area contributed by atoms with Gasteiger partial charge in [0.05, 0.1) is 55.3 Å². The summed E-state index contributed by atoms with van der Waals surface area (Å²) in [4.78, 5) is 126. The summed E-state index contributed by atoms with van der Waals surface area (Å²) in [7, 11) is 0. The van der Waals surface area contributed by atoms with Gasteiger partial charge in [-0.15, -0.1) is 0 Å². The third-order valence-corrected chi connectivity index (χ3v) is 12.3. The number of carboxylic acids is 1. The molecule has 10 N–H and O–H groups in total. The lowest BCUT2D eigenvalue weighted by atomic mass is 9.91. The highest BCUT2D eigenvalue weighted by molar-refractivity contribution is 5.97. The van der Waals surface area contributed by atoms with Crippen molar-refractivity contribution in [2.24, 2.45) is 17.6 Å². The van der Waals surface area contributed by atoms with Crippen molar-refractivity contribution >= 4 is 53.2 Å². The number of aromatic hydroxyl groups is 2. The molecule has 0 saturated carbocycles. The summed E-state index contributed by atoms with van der Waals surface area (Å²) >= 11 is 0. The molecule has 4 rings (SSSR count). The number of aliphatic carboxylic acids is 1. The Labute approximate surface area is 402 Å². The van der Waals surface area contributed by atoms with Crippen LogP contribution in [0.4, 0.5) is 0 Å². The summed E-state index contributed by atoms with van der Waals surface area (Å²) in [6.07, 6.45) is -0.0967. The number of ketones is 3. The number of hydrazine groups is 1. The molecule has 20 heteroatoms. The van der Waals surface area contributed by atoms with Crippen molar-refractivity contribution in [1.82, 2.24) is 36.6 Å². The number of nitrogens with zero attached hydrogens (tertiary/aromatic N) is 2. The number of carboxylic acid groups (broad SMARTS) is 1. The van der Waals surface area contributed by atoms with Gasteiger partial charge in [0.1, 0.15) is 35.7 Å². The number of amides is 4. The number of phenolic OH excluding ortho intramolecular Hbond substituents is 2. The third-order valence-electron chi connectivity index (χ3n) is 12.3. The van der Waals surface area contributed by atoms with E-state index in [0.717, 1.165) is 5.01 Å². The van der Waals surface area contributed by atoms with E-state index < -0.39 is 109 Å². The average molecular weight is 963 g/mol. The van der Waals surface area contributed by atoms with Crippen molar-refractivity contribution in [2.45, 2.75) is 154 Å². The molecular weight excluding hydrogens is 893 g/mol. The fourth-order valence-corrected chi connectivity index (χ4v) is 8.78. The van der Waals surface area contributed by atoms with Crippen molar-refractivity contribution in [2.75, 3.05) is 13.1 Å². The van der Waals surface area contributed by atoms with Crippen LogP contribution in [0.2, 0.25) is 0 Å². The largest absolute Gasteiger partial charge is 0.508 e. The predicted molar refractivity (Wildman–Crippen MR) is 253 cm³/mol. The van der Waals surface area contributed by atoms with Crippen LogP contribution in [-0.4, -0.2) is 146 Å². The molecule has 2 aliphatic heterocycles. The molecule has 0 bridgehead atoms. The van der Waals surface area contributed by atoms with Gasteiger partial charge in [0, 0.05) is 13.0 Å². The summed E-state index contributed by atoms with van der Waals surface area (Å²) in [5, 5.41) is 42.4. The lowest BCUT2D eigenvalue weighted by Crippen LogP contribution is -2.64. The van der Waals surface area contributed by atoms with Crippen LogP contribution in [0.5, 0.6) is 11.5 Å². The van der Waals surface area contributed by atoms with Gasteiger partial charge in [0.25, 0.3) is 5.91 Å². The van der Waals surface area contributed by atoms with Crippen molar-refractivity contribution in [3.05, 3.63) is 59.7 Å². The van der Waals surface area contributed by atoms with E-state index in [9.17, 15) is 48.9 Å². The molecule has 69 heavy (non-hydrogen) atoms. The number of likely N-dealkylation sites (tertiary alicyclic amines) is 1. The van der Waals surface area contributed by atoms with Crippen molar-refractivity contribution in [3.8, 4) is 11.5 Å². The first-order chi connectivity index (χ1) is 32.6. The summed E-state index contributed by atoms with van der Waals surface area (Å²) < 4.78 is 0. The van der Waals surface area contributed by atoms with Gasteiger partial charge in [0.15, 0.2) is 11.6 Å². The van der Waals surface area contributed by atoms with E-state index in [-0.39, 0.29) is 67.8 Å². The Morgan fingerprint density at radius 2 is 1.48 bits per heavy atom. The molecule has 2 saturated heterocycles. The Morgan fingerprint density at radius 3 is 2.04 bits per heavy atom. The van der Waals surface area contributed by atoms with Crippen LogP contribution < -0.4 is 32.4 Å². The fraction of sp³-hybridized carbons (Fsp3) is 0.571. The summed E-state index contributed by atoms with van der Waals surface area (Å²) in [5.74, 6) is -6.21. The summed E-state index contributed by atoms with van der Waals surface area (Å²) in [6, 6.07) is 0.0900. The molecular formula is C49H70N8O12. The van der Waals surface area contributed by atoms with Gasteiger partial charge in [0.2, 0.25) is 17.7 Å². The first kappa shape index (κ1) is 55.5. The number of benzene rings is 2. The molecule has 2 aromatic rings. The summed E-state index contributed by atoms with van der Waals surface area (Å²) in [6.45, 7) is 9.94. The zero-order valence-electron chi connectivity index (χ0n) is 40.3. The standard InChI is InChI=1S/C49H70N8O12/c1-27(2)20-36(50)48(68)56-19-7-8-42(56)46(66)38-18-17-37(53-39(30(6)59)21-28(3)4)45(65)29(5)52-43(62)25-51-47(67)40(23-32-11-15-35(61)16-12-32)55-57(49(69)41(54-38)24-44(63)64)33(26-58)22-31-9-13-34(60)14-10-31/h9-16,26-29,33,36-42,53-55,60-61H,7-8,17-25,50H2,1-6H3,(H,51,67)(H,52,62)(H,63,64)/t29-,33+,36+,37?,38?,39+,40+,41+,42+/m1/s1. The highest BCUT2D eigenvalue weighted by Gasteiger charge is 2.43. The smallest absolute Gasteiger partial charge is 0.305 e. The van der Waals surface area contributed by atoms with E-state index in [1.54, 1.807) is 0 Å². The topological polar surface area (TPSA) is 307 Å². The maximum Gasteiger partial charge on any atom is 0.305 e. The van der Waals surface area contributed by atoms with Gasteiger partial charge < -0.3 is 41.4 Å². The number of carbonyl (C=O) groups excluding carboxylic acids is 8. The molecule has 2 aromatic carbocycles. The van der Waals surface area contributed by atoms with Crippen LogP contribution in [0.15, 0.2) is 48.5 Å². The second kappa shape index (κ2) is 26.0. The number of hydrogen-bond donors (Lipinski definition) is 9. The normalized spacial score (nSPS) is 23.7.